The van der Waals surface area contributed by atoms with Gasteiger partial charge >= 0.3 is 12.1 Å². The first-order valence-corrected chi connectivity index (χ1v) is 9.91. The molecule has 2 aromatic carbocycles. The number of anilines is 2. The van der Waals surface area contributed by atoms with Crippen molar-refractivity contribution in [2.75, 3.05) is 30.5 Å². The molecule has 1 atom stereocenters. The number of benzene rings is 2. The Balaban J connectivity index is 1.84. The number of hydrogen-bond acceptors (Lipinski definition) is 6. The van der Waals surface area contributed by atoms with Crippen molar-refractivity contribution in [2.45, 2.75) is 25.6 Å². The van der Waals surface area contributed by atoms with Gasteiger partial charge in [0.1, 0.15) is 6.04 Å². The molecule has 176 valence electrons. The molecule has 0 radical (unpaired) electrons. The maximum absolute atomic E-state index is 13.7. The van der Waals surface area contributed by atoms with Crippen molar-refractivity contribution < 1.29 is 41.8 Å². The van der Waals surface area contributed by atoms with Crippen LogP contribution in [0.3, 0.4) is 0 Å². The third kappa shape index (κ3) is 5.36. The molecule has 0 spiro atoms. The Morgan fingerprint density at radius 3 is 2.55 bits per heavy atom. The Kier molecular flexibility index (Phi) is 7.10. The summed E-state index contributed by atoms with van der Waals surface area (Å²) >= 11 is 0. The zero-order valence-electron chi connectivity index (χ0n) is 17.8. The highest BCUT2D eigenvalue weighted by Crippen LogP contribution is 2.37. The van der Waals surface area contributed by atoms with Crippen LogP contribution in [0.5, 0.6) is 11.5 Å². The number of nitrogens with zero attached hydrogens (tertiary/aromatic N) is 1. The van der Waals surface area contributed by atoms with E-state index in [0.29, 0.717) is 17.3 Å². The van der Waals surface area contributed by atoms with E-state index in [1.807, 2.05) is 0 Å². The second-order valence-corrected chi connectivity index (χ2v) is 6.97. The van der Waals surface area contributed by atoms with Crippen molar-refractivity contribution in [1.29, 1.82) is 0 Å². The first kappa shape index (κ1) is 23.9. The van der Waals surface area contributed by atoms with E-state index < -0.39 is 43.0 Å². The molecule has 0 saturated heterocycles. The molecule has 11 heteroatoms. The average molecular weight is 466 g/mol. The van der Waals surface area contributed by atoms with Crippen molar-refractivity contribution in [1.82, 2.24) is 0 Å². The number of alkyl halides is 3. The molecule has 3 rings (SSSR count). The minimum atomic E-state index is -4.89. The summed E-state index contributed by atoms with van der Waals surface area (Å²) in [6, 6.07) is 7.36. The lowest BCUT2D eigenvalue weighted by molar-refractivity contribution is -0.158. The summed E-state index contributed by atoms with van der Waals surface area (Å²) in [5, 5.41) is 2.36. The smallest absolute Gasteiger partial charge is 0.409 e. The van der Waals surface area contributed by atoms with Gasteiger partial charge in [-0.15, -0.1) is 0 Å². The number of amides is 2. The minimum absolute atomic E-state index is 0.0209. The van der Waals surface area contributed by atoms with Crippen LogP contribution in [0.2, 0.25) is 0 Å². The second kappa shape index (κ2) is 9.80. The fourth-order valence-electron chi connectivity index (χ4n) is 3.35. The van der Waals surface area contributed by atoms with Gasteiger partial charge in [0.25, 0.3) is 5.91 Å². The quantitative estimate of drug-likeness (QED) is 0.655. The topological polar surface area (TPSA) is 94.2 Å². The minimum Gasteiger partial charge on any atom is -0.493 e. The van der Waals surface area contributed by atoms with E-state index >= 15 is 0 Å². The van der Waals surface area contributed by atoms with E-state index in [0.717, 1.165) is 0 Å². The van der Waals surface area contributed by atoms with E-state index in [-0.39, 0.29) is 22.7 Å². The summed E-state index contributed by atoms with van der Waals surface area (Å²) in [7, 11) is 1.42. The van der Waals surface area contributed by atoms with Crippen molar-refractivity contribution in [2.24, 2.45) is 0 Å². The molecule has 0 saturated carbocycles. The summed E-state index contributed by atoms with van der Waals surface area (Å²) in [6.07, 6.45) is -5.88. The van der Waals surface area contributed by atoms with Crippen LogP contribution < -0.4 is 19.7 Å². The van der Waals surface area contributed by atoms with Gasteiger partial charge in [-0.1, -0.05) is 12.1 Å². The highest BCUT2D eigenvalue weighted by Gasteiger charge is 2.49. The molecule has 0 fully saturated rings. The molecule has 33 heavy (non-hydrogen) atoms. The first-order valence-electron chi connectivity index (χ1n) is 9.91. The number of rotatable bonds is 6. The van der Waals surface area contributed by atoms with Crippen molar-refractivity contribution in [3.8, 4) is 11.5 Å². The number of nitrogens with one attached hydrogen (secondary N) is 1. The number of ether oxygens (including phenoxy) is 3. The molecule has 1 unspecified atom stereocenters. The van der Waals surface area contributed by atoms with E-state index in [2.05, 4.69) is 5.32 Å². The summed E-state index contributed by atoms with van der Waals surface area (Å²) < 4.78 is 56.7. The van der Waals surface area contributed by atoms with Gasteiger partial charge in [-0.25, -0.2) is 4.79 Å². The maximum atomic E-state index is 13.7. The fourth-order valence-corrected chi connectivity index (χ4v) is 3.35. The van der Waals surface area contributed by atoms with Crippen LogP contribution in [-0.4, -0.2) is 50.3 Å². The van der Waals surface area contributed by atoms with E-state index in [9.17, 15) is 27.6 Å². The number of methoxy groups -OCH3 is 1. The molecule has 1 aliphatic heterocycles. The van der Waals surface area contributed by atoms with E-state index in [1.54, 1.807) is 6.92 Å². The summed E-state index contributed by atoms with van der Waals surface area (Å²) in [5.41, 5.74) is -0.0761. The Morgan fingerprint density at radius 1 is 1.15 bits per heavy atom. The molecule has 1 heterocycles. The predicted molar refractivity (Wildman–Crippen MR) is 111 cm³/mol. The molecule has 2 aromatic rings. The van der Waals surface area contributed by atoms with Crippen LogP contribution in [0.25, 0.3) is 0 Å². The van der Waals surface area contributed by atoms with Gasteiger partial charge in [0, 0.05) is 0 Å². The van der Waals surface area contributed by atoms with Gasteiger partial charge in [0.05, 0.1) is 37.1 Å². The zero-order valence-corrected chi connectivity index (χ0v) is 17.8. The number of fused-ring (bicyclic) bond motifs is 1. The van der Waals surface area contributed by atoms with Crippen LogP contribution >= 0.6 is 0 Å². The lowest BCUT2D eigenvalue weighted by atomic mass is 10.1. The van der Waals surface area contributed by atoms with Crippen LogP contribution in [-0.2, 0) is 14.3 Å². The zero-order chi connectivity index (χ0) is 24.2. The van der Waals surface area contributed by atoms with Gasteiger partial charge in [0.15, 0.2) is 18.1 Å². The number of carbonyl (C=O) groups is 3. The second-order valence-electron chi connectivity index (χ2n) is 6.97. The van der Waals surface area contributed by atoms with Gasteiger partial charge in [-0.2, -0.15) is 13.2 Å². The lowest BCUT2D eigenvalue weighted by Crippen LogP contribution is -2.51. The molecular weight excluding hydrogens is 445 g/mol. The molecule has 1 aliphatic rings. The molecule has 0 aromatic heterocycles. The van der Waals surface area contributed by atoms with Gasteiger partial charge in [-0.05, 0) is 37.3 Å². The predicted octanol–water partition coefficient (Wildman–Crippen LogP) is 3.56. The van der Waals surface area contributed by atoms with Crippen LogP contribution in [0.4, 0.5) is 24.5 Å². The maximum Gasteiger partial charge on any atom is 0.409 e. The SMILES string of the molecule is CCOc1cc(C(=O)OCC(=O)N2c3ccccc3NC(=O)CC2C(F)(F)F)ccc1OC. The van der Waals surface area contributed by atoms with Gasteiger partial charge < -0.3 is 19.5 Å². The third-order valence-electron chi connectivity index (χ3n) is 4.80. The number of esters is 1. The summed E-state index contributed by atoms with van der Waals surface area (Å²) in [4.78, 5) is 37.7. The average Bonchev–Trinajstić information content (AvgIpc) is 2.93. The number of para-hydroxylation sites is 2. The van der Waals surface area contributed by atoms with E-state index in [4.69, 9.17) is 14.2 Å². The number of carbonyl (C=O) groups excluding carboxylic acids is 3. The summed E-state index contributed by atoms with van der Waals surface area (Å²) in [5.74, 6) is -2.32. The number of hydrogen-bond donors (Lipinski definition) is 1. The van der Waals surface area contributed by atoms with Gasteiger partial charge in [0.2, 0.25) is 5.91 Å². The van der Waals surface area contributed by atoms with Crippen LogP contribution in [0.1, 0.15) is 23.7 Å². The Bertz CT molecular complexity index is 1060. The Morgan fingerprint density at radius 2 is 1.88 bits per heavy atom. The highest BCUT2D eigenvalue weighted by molar-refractivity contribution is 6.05. The highest BCUT2D eigenvalue weighted by atomic mass is 19.4. The van der Waals surface area contributed by atoms with Crippen LogP contribution in [0.15, 0.2) is 42.5 Å². The Hall–Kier alpha value is -3.76. The molecular formula is C22H21F3N2O6. The standard InChI is InChI=1S/C22H21F3N2O6/c1-3-32-17-10-13(8-9-16(17)31-2)21(30)33-12-20(29)27-15-7-5-4-6-14(15)26-19(28)11-18(27)22(23,24)25/h4-10,18H,3,11-12H2,1-2H3,(H,26,28). The van der Waals surface area contributed by atoms with Crippen molar-refractivity contribution in [3.63, 3.8) is 0 Å². The largest absolute Gasteiger partial charge is 0.493 e. The van der Waals surface area contributed by atoms with Crippen molar-refractivity contribution >= 4 is 29.2 Å². The Labute approximate surface area is 187 Å². The fraction of sp³-hybridized carbons (Fsp3) is 0.318. The monoisotopic (exact) mass is 466 g/mol. The van der Waals surface area contributed by atoms with E-state index in [1.165, 1.54) is 49.6 Å². The first-order chi connectivity index (χ1) is 15.7. The molecule has 2 amide bonds. The van der Waals surface area contributed by atoms with Crippen molar-refractivity contribution in [3.05, 3.63) is 48.0 Å². The molecule has 0 aliphatic carbocycles. The van der Waals surface area contributed by atoms with Crippen LogP contribution in [0, 0.1) is 0 Å². The lowest BCUT2D eigenvalue weighted by Gasteiger charge is -2.31. The molecule has 0 bridgehead atoms. The number of halogens is 3. The normalized spacial score (nSPS) is 15.7. The third-order valence-corrected chi connectivity index (χ3v) is 4.80. The summed E-state index contributed by atoms with van der Waals surface area (Å²) in [6.45, 7) is 1.07. The van der Waals surface area contributed by atoms with Gasteiger partial charge in [-0.3, -0.25) is 14.5 Å². The molecule has 8 nitrogen and oxygen atoms in total. The molecule has 1 N–H and O–H groups in total.